The Kier molecular flexibility index (Phi) is 5.55. The number of anilines is 1. The lowest BCUT2D eigenvalue weighted by Crippen LogP contribution is -2.38. The first-order valence-electron chi connectivity index (χ1n) is 7.81. The van der Waals surface area contributed by atoms with E-state index in [1.807, 2.05) is 32.0 Å². The van der Waals surface area contributed by atoms with Gasteiger partial charge in [-0.25, -0.2) is 0 Å². The van der Waals surface area contributed by atoms with Gasteiger partial charge in [0.2, 0.25) is 11.8 Å². The van der Waals surface area contributed by atoms with Crippen LogP contribution in [0.1, 0.15) is 30.4 Å². The predicted octanol–water partition coefficient (Wildman–Crippen LogP) is 1.84. The number of aryl methyl sites for hydroxylation is 1. The molecule has 0 saturated carbocycles. The molecular weight excluding hydrogens is 278 g/mol. The molecule has 5 nitrogen and oxygen atoms in total. The zero-order valence-electron chi connectivity index (χ0n) is 13.6. The van der Waals surface area contributed by atoms with Crippen molar-refractivity contribution in [2.24, 2.45) is 0 Å². The third-order valence-electron chi connectivity index (χ3n) is 4.27. The number of hydrogen-bond donors (Lipinski definition) is 2. The predicted molar refractivity (Wildman–Crippen MR) is 87.8 cm³/mol. The molecule has 5 heteroatoms. The molecule has 2 amide bonds. The monoisotopic (exact) mass is 303 g/mol. The van der Waals surface area contributed by atoms with Gasteiger partial charge in [0.1, 0.15) is 0 Å². The number of nitrogens with one attached hydrogen (secondary N) is 2. The molecule has 22 heavy (non-hydrogen) atoms. The van der Waals surface area contributed by atoms with Gasteiger partial charge in [0.25, 0.3) is 0 Å². The molecule has 2 N–H and O–H groups in total. The quantitative estimate of drug-likeness (QED) is 0.872. The summed E-state index contributed by atoms with van der Waals surface area (Å²) in [6.07, 6.45) is 2.62. The summed E-state index contributed by atoms with van der Waals surface area (Å²) in [5.41, 5.74) is 3.00. The van der Waals surface area contributed by atoms with Crippen molar-refractivity contribution in [3.63, 3.8) is 0 Å². The maximum Gasteiger partial charge on any atom is 0.243 e. The second-order valence-electron chi connectivity index (χ2n) is 6.04. The van der Waals surface area contributed by atoms with E-state index in [9.17, 15) is 9.59 Å². The second kappa shape index (κ2) is 7.40. The van der Waals surface area contributed by atoms with Gasteiger partial charge in [-0.05, 0) is 50.4 Å². The van der Waals surface area contributed by atoms with E-state index in [0.29, 0.717) is 6.42 Å². The highest BCUT2D eigenvalue weighted by Gasteiger charge is 2.21. The number of rotatable bonds is 5. The molecule has 1 fully saturated rings. The summed E-state index contributed by atoms with van der Waals surface area (Å²) in [7, 11) is 1.68. The molecule has 1 unspecified atom stereocenters. The van der Waals surface area contributed by atoms with Crippen LogP contribution in [0.3, 0.4) is 0 Å². The first-order chi connectivity index (χ1) is 10.5. The number of amides is 2. The average molecular weight is 303 g/mol. The highest BCUT2D eigenvalue weighted by Crippen LogP contribution is 2.18. The van der Waals surface area contributed by atoms with Crippen molar-refractivity contribution in [3.05, 3.63) is 29.3 Å². The summed E-state index contributed by atoms with van der Waals surface area (Å²) < 4.78 is 0. The lowest BCUT2D eigenvalue weighted by atomic mass is 10.1. The Hall–Kier alpha value is -1.88. The Bertz CT molecular complexity index is 551. The fourth-order valence-corrected chi connectivity index (χ4v) is 2.68. The van der Waals surface area contributed by atoms with Crippen LogP contribution in [0.4, 0.5) is 5.69 Å². The third-order valence-corrected chi connectivity index (χ3v) is 4.27. The van der Waals surface area contributed by atoms with Crippen molar-refractivity contribution in [1.82, 2.24) is 10.2 Å². The smallest absolute Gasteiger partial charge is 0.243 e. The Morgan fingerprint density at radius 2 is 2.14 bits per heavy atom. The van der Waals surface area contributed by atoms with E-state index in [0.717, 1.165) is 36.2 Å². The standard InChI is InChI=1S/C17H25N3O2/c1-12-6-4-8-15(13(12)2)19-16(21)11-20(3)17(22)10-14-7-5-9-18-14/h4,6,8,14,18H,5,7,9-11H2,1-3H3,(H,19,21). The van der Waals surface area contributed by atoms with Crippen molar-refractivity contribution in [3.8, 4) is 0 Å². The molecule has 0 spiro atoms. The molecule has 1 saturated heterocycles. The molecule has 120 valence electrons. The highest BCUT2D eigenvalue weighted by molar-refractivity contribution is 5.95. The molecule has 0 radical (unpaired) electrons. The van der Waals surface area contributed by atoms with Gasteiger partial charge in [-0.15, -0.1) is 0 Å². The maximum absolute atomic E-state index is 12.1. The van der Waals surface area contributed by atoms with Gasteiger partial charge in [0.05, 0.1) is 6.54 Å². The van der Waals surface area contributed by atoms with E-state index in [-0.39, 0.29) is 24.4 Å². The summed E-state index contributed by atoms with van der Waals surface area (Å²) in [5, 5.41) is 6.18. The summed E-state index contributed by atoms with van der Waals surface area (Å²) >= 11 is 0. The molecule has 0 aromatic heterocycles. The van der Waals surface area contributed by atoms with E-state index >= 15 is 0 Å². The van der Waals surface area contributed by atoms with Crippen LogP contribution >= 0.6 is 0 Å². The lowest BCUT2D eigenvalue weighted by Gasteiger charge is -2.19. The van der Waals surface area contributed by atoms with E-state index in [4.69, 9.17) is 0 Å². The largest absolute Gasteiger partial charge is 0.336 e. The summed E-state index contributed by atoms with van der Waals surface area (Å²) in [4.78, 5) is 25.7. The first kappa shape index (κ1) is 16.5. The molecule has 0 bridgehead atoms. The summed E-state index contributed by atoms with van der Waals surface area (Å²) in [6.45, 7) is 5.05. The van der Waals surface area contributed by atoms with Gasteiger partial charge >= 0.3 is 0 Å². The van der Waals surface area contributed by atoms with Gasteiger partial charge in [-0.2, -0.15) is 0 Å². The minimum atomic E-state index is -0.163. The van der Waals surface area contributed by atoms with Crippen LogP contribution < -0.4 is 10.6 Å². The fraction of sp³-hybridized carbons (Fsp3) is 0.529. The van der Waals surface area contributed by atoms with E-state index in [1.54, 1.807) is 7.05 Å². The van der Waals surface area contributed by atoms with Gasteiger partial charge < -0.3 is 15.5 Å². The van der Waals surface area contributed by atoms with E-state index < -0.39 is 0 Å². The minimum Gasteiger partial charge on any atom is -0.336 e. The fourth-order valence-electron chi connectivity index (χ4n) is 2.68. The van der Waals surface area contributed by atoms with Crippen LogP contribution in [0.15, 0.2) is 18.2 Å². The SMILES string of the molecule is Cc1cccc(NC(=O)CN(C)C(=O)CC2CCCN2)c1C. The highest BCUT2D eigenvalue weighted by atomic mass is 16.2. The Morgan fingerprint density at radius 3 is 2.82 bits per heavy atom. The molecule has 1 aromatic carbocycles. The zero-order valence-corrected chi connectivity index (χ0v) is 13.6. The summed E-state index contributed by atoms with van der Waals surface area (Å²) in [6, 6.07) is 6.07. The number of carbonyl (C=O) groups excluding carboxylic acids is 2. The van der Waals surface area contributed by atoms with Gasteiger partial charge in [-0.1, -0.05) is 12.1 Å². The Morgan fingerprint density at radius 1 is 1.36 bits per heavy atom. The molecule has 2 rings (SSSR count). The van der Waals surface area contributed by atoms with Crippen LogP contribution in [0.5, 0.6) is 0 Å². The molecule has 1 aromatic rings. The number of carbonyl (C=O) groups is 2. The molecular formula is C17H25N3O2. The third kappa shape index (κ3) is 4.31. The summed E-state index contributed by atoms with van der Waals surface area (Å²) in [5.74, 6) is -0.153. The molecule has 1 atom stereocenters. The van der Waals surface area contributed by atoms with Gasteiger partial charge in [-0.3, -0.25) is 9.59 Å². The van der Waals surface area contributed by atoms with E-state index in [2.05, 4.69) is 10.6 Å². The second-order valence-corrected chi connectivity index (χ2v) is 6.04. The number of nitrogens with zero attached hydrogens (tertiary/aromatic N) is 1. The van der Waals surface area contributed by atoms with Crippen molar-refractivity contribution in [1.29, 1.82) is 0 Å². The maximum atomic E-state index is 12.1. The number of benzene rings is 1. The van der Waals surface area contributed by atoms with Crippen LogP contribution in [0.25, 0.3) is 0 Å². The Labute approximate surface area is 132 Å². The minimum absolute atomic E-state index is 0.00974. The Balaban J connectivity index is 1.85. The first-order valence-corrected chi connectivity index (χ1v) is 7.81. The van der Waals surface area contributed by atoms with Crippen molar-refractivity contribution >= 4 is 17.5 Å². The van der Waals surface area contributed by atoms with Gasteiger partial charge in [0.15, 0.2) is 0 Å². The van der Waals surface area contributed by atoms with E-state index in [1.165, 1.54) is 4.90 Å². The molecule has 1 aliphatic heterocycles. The number of hydrogen-bond acceptors (Lipinski definition) is 3. The topological polar surface area (TPSA) is 61.4 Å². The zero-order chi connectivity index (χ0) is 16.1. The number of likely N-dealkylation sites (N-methyl/N-ethyl adjacent to an activating group) is 1. The van der Waals surface area contributed by atoms with Crippen LogP contribution in [0.2, 0.25) is 0 Å². The van der Waals surface area contributed by atoms with Gasteiger partial charge in [0, 0.05) is 25.2 Å². The average Bonchev–Trinajstić information content (AvgIpc) is 2.96. The van der Waals surface area contributed by atoms with Crippen LogP contribution in [-0.2, 0) is 9.59 Å². The van der Waals surface area contributed by atoms with Crippen LogP contribution in [0, 0.1) is 13.8 Å². The van der Waals surface area contributed by atoms with Crippen molar-refractivity contribution in [2.45, 2.75) is 39.2 Å². The van der Waals surface area contributed by atoms with Crippen molar-refractivity contribution in [2.75, 3.05) is 25.5 Å². The molecule has 1 heterocycles. The van der Waals surface area contributed by atoms with Crippen molar-refractivity contribution < 1.29 is 9.59 Å². The molecule has 0 aliphatic carbocycles. The molecule has 1 aliphatic rings. The lowest BCUT2D eigenvalue weighted by molar-refractivity contribution is -0.133. The normalized spacial score (nSPS) is 17.3. The van der Waals surface area contributed by atoms with Crippen LogP contribution in [-0.4, -0.2) is 42.9 Å².